The first-order valence-electron chi connectivity index (χ1n) is 13.1. The minimum absolute atomic E-state index is 0.0413. The van der Waals surface area contributed by atoms with Gasteiger partial charge in [-0.1, -0.05) is 12.1 Å². The molecule has 1 saturated carbocycles. The van der Waals surface area contributed by atoms with Gasteiger partial charge < -0.3 is 19.5 Å². The summed E-state index contributed by atoms with van der Waals surface area (Å²) < 4.78 is 49.9. The molecule has 1 unspecified atom stereocenters. The van der Waals surface area contributed by atoms with Crippen LogP contribution in [0.5, 0.6) is 0 Å². The number of ether oxygens (including phenoxy) is 1. The van der Waals surface area contributed by atoms with E-state index in [2.05, 4.69) is 17.2 Å². The molecule has 1 amide bonds. The predicted octanol–water partition coefficient (Wildman–Crippen LogP) is 5.41. The summed E-state index contributed by atoms with van der Waals surface area (Å²) in [7, 11) is 1.94. The van der Waals surface area contributed by atoms with Gasteiger partial charge in [-0.15, -0.1) is 0 Å². The fourth-order valence-corrected chi connectivity index (χ4v) is 5.87. The highest BCUT2D eigenvalue weighted by molar-refractivity contribution is 6.10. The van der Waals surface area contributed by atoms with Crippen LogP contribution in [0.2, 0.25) is 0 Å². The van der Waals surface area contributed by atoms with Gasteiger partial charge in [0.05, 0.1) is 25.3 Å². The van der Waals surface area contributed by atoms with Crippen LogP contribution in [0.4, 0.5) is 18.9 Å². The Balaban J connectivity index is 1.33. The van der Waals surface area contributed by atoms with Crippen LogP contribution in [-0.4, -0.2) is 34.2 Å². The number of benzene rings is 2. The van der Waals surface area contributed by atoms with Gasteiger partial charge in [-0.2, -0.15) is 13.2 Å². The maximum atomic E-state index is 14.2. The Bertz CT molecular complexity index is 1370. The molecule has 0 bridgehead atoms. The Morgan fingerprint density at radius 2 is 2.00 bits per heavy atom. The van der Waals surface area contributed by atoms with Gasteiger partial charge in [0.1, 0.15) is 5.82 Å². The van der Waals surface area contributed by atoms with Crippen LogP contribution < -0.4 is 10.2 Å². The zero-order valence-corrected chi connectivity index (χ0v) is 21.5. The highest BCUT2D eigenvalue weighted by Gasteiger charge is 2.41. The highest BCUT2D eigenvalue weighted by Crippen LogP contribution is 2.41. The van der Waals surface area contributed by atoms with Crippen LogP contribution in [0.15, 0.2) is 48.8 Å². The number of nitrogens with zero attached hydrogens (tertiary/aromatic N) is 3. The Hall–Kier alpha value is -3.17. The van der Waals surface area contributed by atoms with E-state index in [9.17, 15) is 18.0 Å². The topological polar surface area (TPSA) is 59.4 Å². The number of carbonyl (C=O) groups is 1. The fourth-order valence-electron chi connectivity index (χ4n) is 5.87. The van der Waals surface area contributed by atoms with E-state index in [4.69, 9.17) is 4.74 Å². The van der Waals surface area contributed by atoms with Crippen molar-refractivity contribution >= 4 is 11.6 Å². The molecule has 1 aliphatic carbocycles. The van der Waals surface area contributed by atoms with E-state index in [1.165, 1.54) is 11.0 Å². The van der Waals surface area contributed by atoms with Gasteiger partial charge in [-0.05, 0) is 67.1 Å². The van der Waals surface area contributed by atoms with Crippen molar-refractivity contribution in [2.75, 3.05) is 18.1 Å². The third-order valence-corrected chi connectivity index (χ3v) is 8.40. The predicted molar refractivity (Wildman–Crippen MR) is 137 cm³/mol. The molecule has 2 fully saturated rings. The van der Waals surface area contributed by atoms with E-state index >= 15 is 0 Å². The molecule has 3 aromatic rings. The summed E-state index contributed by atoms with van der Waals surface area (Å²) in [6.07, 6.45) is 2.21. The second-order valence-electron chi connectivity index (χ2n) is 11.1. The largest absolute Gasteiger partial charge is 0.416 e. The Morgan fingerprint density at radius 1 is 1.21 bits per heavy atom. The molecule has 0 radical (unpaired) electrons. The van der Waals surface area contributed by atoms with Crippen LogP contribution in [0.1, 0.15) is 70.5 Å². The second kappa shape index (κ2) is 9.24. The molecular weight excluding hydrogens is 493 g/mol. The smallest absolute Gasteiger partial charge is 0.381 e. The Kier molecular flexibility index (Phi) is 6.11. The van der Waals surface area contributed by atoms with Crippen molar-refractivity contribution in [1.82, 2.24) is 14.9 Å². The van der Waals surface area contributed by atoms with Gasteiger partial charge in [0, 0.05) is 54.6 Å². The third kappa shape index (κ3) is 4.41. The summed E-state index contributed by atoms with van der Waals surface area (Å²) in [5.74, 6) is 0.685. The van der Waals surface area contributed by atoms with Gasteiger partial charge in [0.2, 0.25) is 0 Å². The van der Waals surface area contributed by atoms with E-state index in [0.29, 0.717) is 31.0 Å². The van der Waals surface area contributed by atoms with Gasteiger partial charge >= 0.3 is 6.18 Å². The first-order chi connectivity index (χ1) is 18.1. The van der Waals surface area contributed by atoms with Crippen molar-refractivity contribution < 1.29 is 22.7 Å². The second-order valence-corrected chi connectivity index (χ2v) is 11.1. The maximum absolute atomic E-state index is 14.2. The highest BCUT2D eigenvalue weighted by atomic mass is 19.4. The van der Waals surface area contributed by atoms with Crippen LogP contribution in [0, 0.1) is 5.92 Å². The number of amides is 1. The molecule has 3 aliphatic rings. The molecular formula is C29H31F3N4O2. The van der Waals surface area contributed by atoms with Crippen LogP contribution >= 0.6 is 0 Å². The molecule has 9 heteroatoms. The van der Waals surface area contributed by atoms with E-state index in [-0.39, 0.29) is 35.0 Å². The number of alkyl halides is 3. The lowest BCUT2D eigenvalue weighted by Crippen LogP contribution is -2.47. The first-order valence-corrected chi connectivity index (χ1v) is 13.1. The molecule has 38 heavy (non-hydrogen) atoms. The summed E-state index contributed by atoms with van der Waals surface area (Å²) in [5.41, 5.74) is 1.42. The molecule has 3 heterocycles. The summed E-state index contributed by atoms with van der Waals surface area (Å²) >= 11 is 0. The molecule has 1 saturated heterocycles. The van der Waals surface area contributed by atoms with Crippen molar-refractivity contribution in [3.63, 3.8) is 0 Å². The number of aromatic nitrogens is 2. The monoisotopic (exact) mass is 524 g/mol. The number of halogens is 3. The number of anilines is 1. The van der Waals surface area contributed by atoms with Crippen LogP contribution in [-0.2, 0) is 31.1 Å². The van der Waals surface area contributed by atoms with E-state index < -0.39 is 17.6 Å². The quantitative estimate of drug-likeness (QED) is 0.449. The van der Waals surface area contributed by atoms with Crippen LogP contribution in [0.3, 0.4) is 0 Å². The summed E-state index contributed by atoms with van der Waals surface area (Å²) in [5, 5.41) is 3.39. The Labute approximate surface area is 219 Å². The minimum atomic E-state index is -4.55. The van der Waals surface area contributed by atoms with Gasteiger partial charge in [-0.25, -0.2) is 4.98 Å². The SMILES string of the molecule is Cn1ccnc1C(c1cccc(N2Cc3c(cc(CNC4(C)CCC4)cc3C(F)(F)F)C2=O)c1)C1COC1. The van der Waals surface area contributed by atoms with Crippen molar-refractivity contribution in [1.29, 1.82) is 0 Å². The molecule has 6 rings (SSSR count). The molecule has 1 N–H and O–H groups in total. The van der Waals surface area contributed by atoms with Crippen LogP contribution in [0.25, 0.3) is 0 Å². The van der Waals surface area contributed by atoms with E-state index in [0.717, 1.165) is 30.7 Å². The lowest BCUT2D eigenvalue weighted by molar-refractivity contribution is -0.138. The molecule has 2 aromatic carbocycles. The summed E-state index contributed by atoms with van der Waals surface area (Å²) in [6.45, 7) is 3.49. The Morgan fingerprint density at radius 3 is 2.61 bits per heavy atom. The number of rotatable bonds is 7. The minimum Gasteiger partial charge on any atom is -0.381 e. The number of fused-ring (bicyclic) bond motifs is 1. The average Bonchev–Trinajstić information content (AvgIpc) is 3.40. The van der Waals surface area contributed by atoms with Crippen molar-refractivity contribution in [3.8, 4) is 0 Å². The average molecular weight is 525 g/mol. The zero-order chi connectivity index (χ0) is 26.7. The molecule has 6 nitrogen and oxygen atoms in total. The molecule has 1 atom stereocenters. The standard InChI is InChI=1S/C29H31F3N4O2/c1-28(7-4-8-28)34-14-18-11-22-23(24(12-18)29(30,31)32)15-36(27(22)37)21-6-3-5-19(13-21)25(20-16-38-17-20)26-33-9-10-35(26)2/h3,5-6,9-13,20,25,34H,4,7-8,14-17H2,1-2H3. The fraction of sp³-hybridized carbons (Fsp3) is 0.448. The first kappa shape index (κ1) is 25.1. The van der Waals surface area contributed by atoms with E-state index in [1.807, 2.05) is 36.0 Å². The summed E-state index contributed by atoms with van der Waals surface area (Å²) in [6, 6.07) is 10.4. The normalized spacial score (nSPS) is 19.7. The van der Waals surface area contributed by atoms with Crippen molar-refractivity contribution in [2.24, 2.45) is 13.0 Å². The van der Waals surface area contributed by atoms with Crippen molar-refractivity contribution in [2.45, 2.75) is 56.9 Å². The lowest BCUT2D eigenvalue weighted by Gasteiger charge is -2.39. The van der Waals surface area contributed by atoms with Gasteiger partial charge in [0.15, 0.2) is 0 Å². The molecule has 200 valence electrons. The maximum Gasteiger partial charge on any atom is 0.416 e. The number of hydrogen-bond acceptors (Lipinski definition) is 4. The zero-order valence-electron chi connectivity index (χ0n) is 21.5. The van der Waals surface area contributed by atoms with Gasteiger partial charge in [-0.3, -0.25) is 4.79 Å². The van der Waals surface area contributed by atoms with Gasteiger partial charge in [0.25, 0.3) is 5.91 Å². The molecule has 2 aliphatic heterocycles. The molecule has 0 spiro atoms. The number of nitrogens with one attached hydrogen (secondary N) is 1. The lowest BCUT2D eigenvalue weighted by atomic mass is 9.78. The number of carbonyl (C=O) groups excluding carboxylic acids is 1. The third-order valence-electron chi connectivity index (χ3n) is 8.40. The number of hydrogen-bond donors (Lipinski definition) is 1. The summed E-state index contributed by atoms with van der Waals surface area (Å²) in [4.78, 5) is 19.6. The van der Waals surface area contributed by atoms with Crippen molar-refractivity contribution in [3.05, 3.63) is 82.4 Å². The number of aryl methyl sites for hydroxylation is 1. The number of imidazole rings is 1. The van der Waals surface area contributed by atoms with E-state index in [1.54, 1.807) is 18.3 Å². The molecule has 1 aromatic heterocycles.